The number of nitrogens with zero attached hydrogens (tertiary/aromatic N) is 2. The van der Waals surface area contributed by atoms with Crippen molar-refractivity contribution in [2.75, 3.05) is 0 Å². The molecule has 27 heavy (non-hydrogen) atoms. The number of benzene rings is 1. The smallest absolute Gasteiger partial charge is 0.267 e. The van der Waals surface area contributed by atoms with E-state index in [0.29, 0.717) is 22.2 Å². The quantitative estimate of drug-likeness (QED) is 0.676. The number of amides is 2. The summed E-state index contributed by atoms with van der Waals surface area (Å²) in [7, 11) is 0. The molecule has 0 aliphatic rings. The summed E-state index contributed by atoms with van der Waals surface area (Å²) in [6, 6.07) is 8.61. The van der Waals surface area contributed by atoms with E-state index in [-0.39, 0.29) is 17.2 Å². The first-order valence-electron chi connectivity index (χ1n) is 8.66. The van der Waals surface area contributed by atoms with Crippen LogP contribution in [-0.4, -0.2) is 21.6 Å². The Morgan fingerprint density at radius 3 is 2.41 bits per heavy atom. The highest BCUT2D eigenvalue weighted by Gasteiger charge is 2.18. The van der Waals surface area contributed by atoms with E-state index in [1.807, 2.05) is 19.9 Å². The van der Waals surface area contributed by atoms with Crippen molar-refractivity contribution in [3.63, 3.8) is 0 Å². The number of carbonyl (C=O) groups excluding carboxylic acids is 2. The zero-order valence-electron chi connectivity index (χ0n) is 15.3. The topological polar surface area (TPSA) is 93.1 Å². The maximum Gasteiger partial charge on any atom is 0.290 e. The van der Waals surface area contributed by atoms with Crippen LogP contribution in [0.1, 0.15) is 44.4 Å². The molecule has 0 aliphatic carbocycles. The molecule has 2 N–H and O–H groups in total. The molecule has 2 amide bonds. The molecule has 2 heterocycles. The van der Waals surface area contributed by atoms with Crippen molar-refractivity contribution in [3.8, 4) is 0 Å². The molecule has 0 atom stereocenters. The van der Waals surface area contributed by atoms with Crippen LogP contribution >= 0.6 is 11.3 Å². The predicted octanol–water partition coefficient (Wildman–Crippen LogP) is 2.42. The largest absolute Gasteiger partial charge is 0.290 e. The number of thiophene rings is 1. The third-order valence-corrected chi connectivity index (χ3v) is 5.39. The van der Waals surface area contributed by atoms with Crippen LogP contribution in [0.4, 0.5) is 0 Å². The molecule has 0 saturated carbocycles. The summed E-state index contributed by atoms with van der Waals surface area (Å²) >= 11 is 1.38. The third kappa shape index (κ3) is 3.61. The number of nitrogens with one attached hydrogen (secondary N) is 2. The summed E-state index contributed by atoms with van der Waals surface area (Å²) < 4.78 is 1.23. The van der Waals surface area contributed by atoms with Crippen molar-refractivity contribution in [1.29, 1.82) is 0 Å². The van der Waals surface area contributed by atoms with Gasteiger partial charge in [-0.25, -0.2) is 4.68 Å². The van der Waals surface area contributed by atoms with E-state index >= 15 is 0 Å². The van der Waals surface area contributed by atoms with E-state index in [4.69, 9.17) is 0 Å². The highest BCUT2D eigenvalue weighted by Crippen LogP contribution is 2.21. The van der Waals surface area contributed by atoms with Gasteiger partial charge in [0.25, 0.3) is 17.4 Å². The fourth-order valence-corrected chi connectivity index (χ4v) is 3.84. The van der Waals surface area contributed by atoms with E-state index in [1.54, 1.807) is 31.2 Å². The Balaban J connectivity index is 1.85. The van der Waals surface area contributed by atoms with Gasteiger partial charge in [-0.3, -0.25) is 25.2 Å². The number of fused-ring (bicyclic) bond motifs is 1. The van der Waals surface area contributed by atoms with Crippen LogP contribution in [0.2, 0.25) is 0 Å². The lowest BCUT2D eigenvalue weighted by Gasteiger charge is -2.10. The van der Waals surface area contributed by atoms with Gasteiger partial charge < -0.3 is 0 Å². The summed E-state index contributed by atoms with van der Waals surface area (Å²) in [4.78, 5) is 38.9. The fraction of sp³-hybridized carbons (Fsp3) is 0.263. The van der Waals surface area contributed by atoms with Crippen molar-refractivity contribution in [2.45, 2.75) is 33.7 Å². The van der Waals surface area contributed by atoms with Gasteiger partial charge in [0, 0.05) is 16.8 Å². The lowest BCUT2D eigenvalue weighted by molar-refractivity contribution is 0.0846. The number of hydrazine groups is 1. The van der Waals surface area contributed by atoms with E-state index < -0.39 is 5.91 Å². The molecular weight excluding hydrogens is 364 g/mol. The summed E-state index contributed by atoms with van der Waals surface area (Å²) in [5, 5.41) is 5.00. The van der Waals surface area contributed by atoms with Gasteiger partial charge in [0.15, 0.2) is 5.69 Å². The van der Waals surface area contributed by atoms with E-state index in [9.17, 15) is 14.4 Å². The van der Waals surface area contributed by atoms with Crippen LogP contribution in [0.5, 0.6) is 0 Å². The van der Waals surface area contributed by atoms with Crippen LogP contribution in [0.15, 0.2) is 35.1 Å². The number of rotatable bonds is 4. The van der Waals surface area contributed by atoms with Crippen LogP contribution in [0.3, 0.4) is 0 Å². The number of aromatic nitrogens is 2. The predicted molar refractivity (Wildman–Crippen MR) is 105 cm³/mol. The van der Waals surface area contributed by atoms with Gasteiger partial charge in [-0.2, -0.15) is 5.10 Å². The number of carbonyl (C=O) groups is 2. The first kappa shape index (κ1) is 18.8. The van der Waals surface area contributed by atoms with Gasteiger partial charge in [-0.15, -0.1) is 11.3 Å². The number of hydrogen-bond acceptors (Lipinski definition) is 5. The first-order valence-corrected chi connectivity index (χ1v) is 9.47. The van der Waals surface area contributed by atoms with Crippen LogP contribution < -0.4 is 16.4 Å². The average Bonchev–Trinajstić information content (AvgIpc) is 3.07. The standard InChI is InChI=1S/C19H20N4O3S/c1-4-12-10-15(27-11(12)3)17(24)20-21-18(25)16-13-8-6-7-9-14(13)19(26)23(5-2)22-16/h6-10H,4-5H2,1-3H3,(H,20,24)(H,21,25). The minimum Gasteiger partial charge on any atom is -0.267 e. The Kier molecular flexibility index (Phi) is 5.36. The second-order valence-corrected chi connectivity index (χ2v) is 7.23. The molecule has 2 aromatic heterocycles. The first-order chi connectivity index (χ1) is 13.0. The Morgan fingerprint density at radius 1 is 1.11 bits per heavy atom. The van der Waals surface area contributed by atoms with Crippen LogP contribution in [0.25, 0.3) is 10.8 Å². The Bertz CT molecular complexity index is 1080. The summed E-state index contributed by atoms with van der Waals surface area (Å²) in [6.45, 7) is 6.10. The zero-order valence-corrected chi connectivity index (χ0v) is 16.1. The van der Waals surface area contributed by atoms with Gasteiger partial charge >= 0.3 is 0 Å². The van der Waals surface area contributed by atoms with Gasteiger partial charge in [-0.05, 0) is 38.0 Å². The van der Waals surface area contributed by atoms with E-state index in [2.05, 4.69) is 16.0 Å². The second-order valence-electron chi connectivity index (χ2n) is 5.97. The zero-order chi connectivity index (χ0) is 19.6. The molecule has 0 saturated heterocycles. The Hall–Kier alpha value is -3.00. The molecule has 8 heteroatoms. The molecule has 0 spiro atoms. The van der Waals surface area contributed by atoms with E-state index in [1.165, 1.54) is 16.0 Å². The van der Waals surface area contributed by atoms with E-state index in [0.717, 1.165) is 16.9 Å². The molecule has 0 fully saturated rings. The van der Waals surface area contributed by atoms with Gasteiger partial charge in [0.05, 0.1) is 10.3 Å². The van der Waals surface area contributed by atoms with Crippen molar-refractivity contribution >= 4 is 33.9 Å². The van der Waals surface area contributed by atoms with Gasteiger partial charge in [-0.1, -0.05) is 25.1 Å². The van der Waals surface area contributed by atoms with Gasteiger partial charge in [0.2, 0.25) is 0 Å². The fourth-order valence-electron chi connectivity index (χ4n) is 2.83. The molecule has 3 aromatic rings. The average molecular weight is 384 g/mol. The molecule has 0 aliphatic heterocycles. The third-order valence-electron chi connectivity index (χ3n) is 4.30. The molecule has 1 aromatic carbocycles. The minimum absolute atomic E-state index is 0.0870. The SMILES string of the molecule is CCc1cc(C(=O)NNC(=O)c2nn(CC)c(=O)c3ccccc23)sc1C. The number of hydrogen-bond donors (Lipinski definition) is 2. The van der Waals surface area contributed by atoms with Gasteiger partial charge in [0.1, 0.15) is 0 Å². The van der Waals surface area contributed by atoms with Crippen molar-refractivity contribution < 1.29 is 9.59 Å². The second kappa shape index (κ2) is 7.71. The Morgan fingerprint density at radius 2 is 1.78 bits per heavy atom. The van der Waals surface area contributed by atoms with Crippen LogP contribution in [0, 0.1) is 6.92 Å². The van der Waals surface area contributed by atoms with Crippen molar-refractivity contribution in [2.24, 2.45) is 0 Å². The Labute approximate surface area is 160 Å². The normalized spacial score (nSPS) is 10.8. The van der Waals surface area contributed by atoms with Crippen molar-refractivity contribution in [3.05, 3.63) is 61.7 Å². The monoisotopic (exact) mass is 384 g/mol. The molecule has 140 valence electrons. The lowest BCUT2D eigenvalue weighted by atomic mass is 10.1. The summed E-state index contributed by atoms with van der Waals surface area (Å²) in [5.74, 6) is -0.963. The lowest BCUT2D eigenvalue weighted by Crippen LogP contribution is -2.42. The molecule has 0 unspecified atom stereocenters. The maximum atomic E-state index is 12.6. The number of aryl methyl sites for hydroxylation is 3. The van der Waals surface area contributed by atoms with Crippen LogP contribution in [-0.2, 0) is 13.0 Å². The van der Waals surface area contributed by atoms with Crippen molar-refractivity contribution in [1.82, 2.24) is 20.6 Å². The molecule has 3 rings (SSSR count). The highest BCUT2D eigenvalue weighted by molar-refractivity contribution is 7.14. The molecular formula is C19H20N4O3S. The molecule has 7 nitrogen and oxygen atoms in total. The summed E-state index contributed by atoms with van der Waals surface area (Å²) in [6.07, 6.45) is 0.844. The maximum absolute atomic E-state index is 12.6. The molecule has 0 radical (unpaired) electrons. The summed E-state index contributed by atoms with van der Waals surface area (Å²) in [5.41, 5.74) is 5.76. The molecule has 0 bridgehead atoms. The minimum atomic E-state index is -0.578. The highest BCUT2D eigenvalue weighted by atomic mass is 32.1.